The highest BCUT2D eigenvalue weighted by molar-refractivity contribution is 7.18. The minimum Gasteiger partial charge on any atom is -0.370 e. The molecule has 2 heterocycles. The summed E-state index contributed by atoms with van der Waals surface area (Å²) in [4.78, 5) is 11.4. The van der Waals surface area contributed by atoms with E-state index in [4.69, 9.17) is 16.3 Å². The number of hydrogen-bond donors (Lipinski definition) is 0. The van der Waals surface area contributed by atoms with Gasteiger partial charge in [-0.15, -0.1) is 11.3 Å². The molecule has 0 unspecified atom stereocenters. The molecular weight excluding hydrogens is 280 g/mol. The number of hydrogen-bond acceptors (Lipinski definition) is 4. The third-order valence-corrected chi connectivity index (χ3v) is 5.15. The fourth-order valence-corrected chi connectivity index (χ4v) is 3.51. The number of nitrogens with zero attached hydrogens (tertiary/aromatic N) is 2. The van der Waals surface area contributed by atoms with E-state index in [9.17, 15) is 0 Å². The van der Waals surface area contributed by atoms with Crippen molar-refractivity contribution in [3.63, 3.8) is 0 Å². The molecule has 0 aliphatic rings. The van der Waals surface area contributed by atoms with Crippen molar-refractivity contribution in [3.8, 4) is 0 Å². The zero-order valence-corrected chi connectivity index (χ0v) is 13.4. The molecular formula is C14H19ClN2OS. The maximum Gasteiger partial charge on any atom is 0.163 e. The average Bonchev–Trinajstić information content (AvgIpc) is 2.85. The van der Waals surface area contributed by atoms with E-state index >= 15 is 0 Å². The molecule has 104 valence electrons. The van der Waals surface area contributed by atoms with Gasteiger partial charge < -0.3 is 4.74 Å². The van der Waals surface area contributed by atoms with Gasteiger partial charge in [0.2, 0.25) is 0 Å². The molecule has 2 aromatic rings. The number of fused-ring (bicyclic) bond motifs is 1. The lowest BCUT2D eigenvalue weighted by atomic mass is 9.96. The highest BCUT2D eigenvalue weighted by Crippen LogP contribution is 2.35. The molecule has 2 aromatic heterocycles. The summed E-state index contributed by atoms with van der Waals surface area (Å²) in [7, 11) is 1.71. The van der Waals surface area contributed by atoms with E-state index in [2.05, 4.69) is 36.8 Å². The number of rotatable bonds is 5. The number of thiophene rings is 1. The van der Waals surface area contributed by atoms with Crippen molar-refractivity contribution < 1.29 is 4.74 Å². The van der Waals surface area contributed by atoms with E-state index in [1.165, 1.54) is 4.88 Å². The van der Waals surface area contributed by atoms with Crippen LogP contribution in [-0.2, 0) is 16.8 Å². The van der Waals surface area contributed by atoms with Crippen LogP contribution in [-0.4, -0.2) is 17.1 Å². The Morgan fingerprint density at radius 2 is 1.95 bits per heavy atom. The van der Waals surface area contributed by atoms with Crippen molar-refractivity contribution in [2.75, 3.05) is 7.11 Å². The third-order valence-electron chi connectivity index (χ3n) is 3.69. The van der Waals surface area contributed by atoms with Crippen LogP contribution in [0.1, 0.15) is 44.3 Å². The second-order valence-corrected chi connectivity index (χ2v) is 6.00. The lowest BCUT2D eigenvalue weighted by molar-refractivity contribution is -0.0288. The Kier molecular flexibility index (Phi) is 4.43. The van der Waals surface area contributed by atoms with E-state index in [-0.39, 0.29) is 0 Å². The first kappa shape index (κ1) is 14.7. The molecule has 0 aliphatic carbocycles. The summed E-state index contributed by atoms with van der Waals surface area (Å²) in [6, 6.07) is 2.08. The summed E-state index contributed by atoms with van der Waals surface area (Å²) >= 11 is 7.99. The van der Waals surface area contributed by atoms with Gasteiger partial charge in [0.05, 0.1) is 0 Å². The standard InChI is InChI=1S/C14H19ClN2OS/c1-5-9-8-10-11(15)16-13(17-12(10)19-9)14(6-2,7-3)18-4/h8H,5-7H2,1-4H3. The number of aryl methyl sites for hydroxylation is 1. The summed E-state index contributed by atoms with van der Waals surface area (Å²) in [5.41, 5.74) is -0.436. The lowest BCUT2D eigenvalue weighted by Gasteiger charge is -2.28. The predicted octanol–water partition coefficient (Wildman–Crippen LogP) is 4.57. The van der Waals surface area contributed by atoms with Gasteiger partial charge in [0.15, 0.2) is 5.82 Å². The normalized spacial score (nSPS) is 12.3. The van der Waals surface area contributed by atoms with Crippen LogP contribution in [0.5, 0.6) is 0 Å². The maximum absolute atomic E-state index is 6.31. The quantitative estimate of drug-likeness (QED) is 0.759. The fourth-order valence-electron chi connectivity index (χ4n) is 2.26. The van der Waals surface area contributed by atoms with Gasteiger partial charge in [0.1, 0.15) is 15.6 Å². The van der Waals surface area contributed by atoms with Crippen molar-refractivity contribution in [2.45, 2.75) is 45.6 Å². The fraction of sp³-hybridized carbons (Fsp3) is 0.571. The van der Waals surface area contributed by atoms with Crippen molar-refractivity contribution >= 4 is 33.2 Å². The molecule has 0 bridgehead atoms. The molecule has 0 saturated carbocycles. The second-order valence-electron chi connectivity index (χ2n) is 4.53. The van der Waals surface area contributed by atoms with Gasteiger partial charge in [0, 0.05) is 17.4 Å². The Hall–Kier alpha value is -0.710. The molecule has 0 amide bonds. The van der Waals surface area contributed by atoms with Crippen molar-refractivity contribution in [1.29, 1.82) is 0 Å². The van der Waals surface area contributed by atoms with Crippen LogP contribution in [0.25, 0.3) is 10.2 Å². The zero-order valence-electron chi connectivity index (χ0n) is 11.8. The highest BCUT2D eigenvalue weighted by Gasteiger charge is 2.32. The first-order valence-corrected chi connectivity index (χ1v) is 7.81. The Labute approximate surface area is 123 Å². The molecule has 0 spiro atoms. The Morgan fingerprint density at radius 1 is 1.26 bits per heavy atom. The second kappa shape index (κ2) is 5.73. The summed E-state index contributed by atoms with van der Waals surface area (Å²) in [5.74, 6) is 0.696. The molecule has 0 aromatic carbocycles. The summed E-state index contributed by atoms with van der Waals surface area (Å²) in [6.07, 6.45) is 2.64. The predicted molar refractivity (Wildman–Crippen MR) is 81.1 cm³/mol. The van der Waals surface area contributed by atoms with Gasteiger partial charge in [-0.25, -0.2) is 9.97 Å². The molecule has 2 rings (SSSR count). The van der Waals surface area contributed by atoms with Gasteiger partial charge in [-0.1, -0.05) is 32.4 Å². The molecule has 0 saturated heterocycles. The minimum absolute atomic E-state index is 0.436. The molecule has 3 nitrogen and oxygen atoms in total. The smallest absolute Gasteiger partial charge is 0.163 e. The number of methoxy groups -OCH3 is 1. The van der Waals surface area contributed by atoms with E-state index in [1.807, 2.05) is 0 Å². The van der Waals surface area contributed by atoms with Crippen molar-refractivity contribution in [2.24, 2.45) is 0 Å². The molecule has 0 fully saturated rings. The summed E-state index contributed by atoms with van der Waals surface area (Å²) in [5, 5.41) is 1.48. The maximum atomic E-state index is 6.31. The van der Waals surface area contributed by atoms with Crippen LogP contribution < -0.4 is 0 Å². The number of ether oxygens (including phenoxy) is 1. The van der Waals surface area contributed by atoms with Crippen LogP contribution in [0.2, 0.25) is 5.15 Å². The van der Waals surface area contributed by atoms with E-state index < -0.39 is 5.60 Å². The van der Waals surface area contributed by atoms with Crippen LogP contribution in [0.4, 0.5) is 0 Å². The Morgan fingerprint density at radius 3 is 2.47 bits per heavy atom. The van der Waals surface area contributed by atoms with Gasteiger partial charge in [-0.05, 0) is 25.3 Å². The first-order chi connectivity index (χ1) is 9.10. The van der Waals surface area contributed by atoms with Crippen LogP contribution in [0.3, 0.4) is 0 Å². The summed E-state index contributed by atoms with van der Waals surface area (Å²) < 4.78 is 5.68. The zero-order chi connectivity index (χ0) is 14.0. The van der Waals surface area contributed by atoms with Gasteiger partial charge in [-0.2, -0.15) is 0 Å². The molecule has 19 heavy (non-hydrogen) atoms. The number of aromatic nitrogens is 2. The SMILES string of the molecule is CCc1cc2c(Cl)nc(C(CC)(CC)OC)nc2s1. The Balaban J connectivity index is 2.62. The van der Waals surface area contributed by atoms with E-state index in [1.54, 1.807) is 18.4 Å². The molecule has 0 N–H and O–H groups in total. The average molecular weight is 299 g/mol. The molecule has 0 radical (unpaired) electrons. The van der Waals surface area contributed by atoms with Crippen LogP contribution >= 0.6 is 22.9 Å². The van der Waals surface area contributed by atoms with Gasteiger partial charge >= 0.3 is 0 Å². The minimum atomic E-state index is -0.436. The van der Waals surface area contributed by atoms with E-state index in [0.717, 1.165) is 29.5 Å². The third kappa shape index (κ3) is 2.49. The van der Waals surface area contributed by atoms with Crippen molar-refractivity contribution in [1.82, 2.24) is 9.97 Å². The van der Waals surface area contributed by atoms with Gasteiger partial charge in [-0.3, -0.25) is 0 Å². The number of halogens is 1. The molecule has 5 heteroatoms. The van der Waals surface area contributed by atoms with Crippen LogP contribution in [0, 0.1) is 0 Å². The topological polar surface area (TPSA) is 35.0 Å². The van der Waals surface area contributed by atoms with E-state index in [0.29, 0.717) is 11.0 Å². The highest BCUT2D eigenvalue weighted by atomic mass is 35.5. The molecule has 0 atom stereocenters. The summed E-state index contributed by atoms with van der Waals surface area (Å²) in [6.45, 7) is 6.30. The van der Waals surface area contributed by atoms with Crippen molar-refractivity contribution in [3.05, 3.63) is 21.9 Å². The lowest BCUT2D eigenvalue weighted by Crippen LogP contribution is -2.29. The Bertz CT molecular complexity index is 570. The largest absolute Gasteiger partial charge is 0.370 e. The first-order valence-electron chi connectivity index (χ1n) is 6.61. The monoisotopic (exact) mass is 298 g/mol. The molecule has 0 aliphatic heterocycles. The van der Waals surface area contributed by atoms with Crippen LogP contribution in [0.15, 0.2) is 6.07 Å². The van der Waals surface area contributed by atoms with Gasteiger partial charge in [0.25, 0.3) is 0 Å².